The highest BCUT2D eigenvalue weighted by molar-refractivity contribution is 7.80. The normalized spacial score (nSPS) is 13.7. The molecular weight excluding hydrogens is 308 g/mol. The van der Waals surface area contributed by atoms with E-state index in [0.717, 1.165) is 16.7 Å². The van der Waals surface area contributed by atoms with Gasteiger partial charge in [-0.05, 0) is 34.4 Å². The van der Waals surface area contributed by atoms with Gasteiger partial charge in [0.2, 0.25) is 0 Å². The molecule has 0 aliphatic heterocycles. The lowest BCUT2D eigenvalue weighted by molar-refractivity contribution is -0.144. The molecule has 0 heterocycles. The van der Waals surface area contributed by atoms with Crippen LogP contribution in [-0.2, 0) is 20.4 Å². The van der Waals surface area contributed by atoms with Gasteiger partial charge >= 0.3 is 5.97 Å². The Balaban J connectivity index is 3.41. The highest BCUT2D eigenvalue weighted by Gasteiger charge is 2.29. The number of benzene rings is 1. The number of phenolic OH excluding ortho intramolecular Hbond substituents is 1. The summed E-state index contributed by atoms with van der Waals surface area (Å²) in [6, 6.07) is 3.86. The average molecular weight is 339 g/mol. The minimum absolute atomic E-state index is 0.213. The average Bonchev–Trinajstić information content (AvgIpc) is 2.41. The SMILES string of the molecule is CC(C(=O)OCCS)c1cc(C(C)(C)C)c(O)c(C(C)(C)C)c1. The summed E-state index contributed by atoms with van der Waals surface area (Å²) in [6.07, 6.45) is 0. The lowest BCUT2D eigenvalue weighted by Gasteiger charge is -2.29. The van der Waals surface area contributed by atoms with Crippen molar-refractivity contribution in [2.75, 3.05) is 12.4 Å². The topological polar surface area (TPSA) is 46.5 Å². The number of thiol groups is 1. The fraction of sp³-hybridized carbons (Fsp3) is 0.632. The maximum atomic E-state index is 12.2. The highest BCUT2D eigenvalue weighted by Crippen LogP contribution is 2.41. The van der Waals surface area contributed by atoms with Crippen molar-refractivity contribution >= 4 is 18.6 Å². The summed E-state index contributed by atoms with van der Waals surface area (Å²) in [4.78, 5) is 12.2. The van der Waals surface area contributed by atoms with E-state index in [4.69, 9.17) is 4.74 Å². The third kappa shape index (κ3) is 4.90. The molecule has 130 valence electrons. The molecule has 1 atom stereocenters. The maximum Gasteiger partial charge on any atom is 0.313 e. The zero-order chi connectivity index (χ0) is 18.0. The summed E-state index contributed by atoms with van der Waals surface area (Å²) in [5.74, 6) is 0.195. The molecule has 0 aliphatic rings. The Morgan fingerprint density at radius 3 is 1.91 bits per heavy atom. The zero-order valence-corrected chi connectivity index (χ0v) is 16.3. The number of hydrogen-bond donors (Lipinski definition) is 2. The summed E-state index contributed by atoms with van der Waals surface area (Å²) >= 11 is 4.06. The molecule has 1 aromatic rings. The summed E-state index contributed by atoms with van der Waals surface area (Å²) in [5.41, 5.74) is 2.16. The Hall–Kier alpha value is -1.16. The Morgan fingerprint density at radius 1 is 1.13 bits per heavy atom. The Labute approximate surface area is 145 Å². The molecule has 0 saturated carbocycles. The van der Waals surface area contributed by atoms with E-state index in [2.05, 4.69) is 54.2 Å². The molecule has 0 aromatic heterocycles. The Kier molecular flexibility index (Phi) is 6.19. The van der Waals surface area contributed by atoms with Crippen LogP contribution in [0.4, 0.5) is 0 Å². The summed E-state index contributed by atoms with van der Waals surface area (Å²) < 4.78 is 5.21. The maximum absolute atomic E-state index is 12.2. The molecule has 1 unspecified atom stereocenters. The summed E-state index contributed by atoms with van der Waals surface area (Å²) in [6.45, 7) is 14.5. The molecule has 23 heavy (non-hydrogen) atoms. The van der Waals surface area contributed by atoms with Crippen LogP contribution in [0.15, 0.2) is 12.1 Å². The number of aromatic hydroxyl groups is 1. The van der Waals surface area contributed by atoms with E-state index in [1.807, 2.05) is 19.1 Å². The number of esters is 1. The second kappa shape index (κ2) is 7.16. The number of carbonyl (C=O) groups is 1. The van der Waals surface area contributed by atoms with Crippen LogP contribution >= 0.6 is 12.6 Å². The molecule has 0 fully saturated rings. The Bertz CT molecular complexity index is 530. The summed E-state index contributed by atoms with van der Waals surface area (Å²) in [7, 11) is 0. The first-order valence-corrected chi connectivity index (χ1v) is 8.68. The van der Waals surface area contributed by atoms with Gasteiger partial charge in [0.05, 0.1) is 5.92 Å². The van der Waals surface area contributed by atoms with Crippen molar-refractivity contribution < 1.29 is 14.6 Å². The molecule has 0 spiro atoms. The quantitative estimate of drug-likeness (QED) is 0.625. The molecular formula is C19H30O3S. The molecule has 0 bridgehead atoms. The first kappa shape index (κ1) is 19.9. The van der Waals surface area contributed by atoms with Gasteiger partial charge < -0.3 is 9.84 Å². The molecule has 1 rings (SSSR count). The molecule has 0 amide bonds. The van der Waals surface area contributed by atoms with Gasteiger partial charge in [0.1, 0.15) is 12.4 Å². The lowest BCUT2D eigenvalue weighted by atomic mass is 9.77. The van der Waals surface area contributed by atoms with E-state index in [-0.39, 0.29) is 22.7 Å². The minimum atomic E-state index is -0.377. The van der Waals surface area contributed by atoms with E-state index in [0.29, 0.717) is 18.1 Å². The lowest BCUT2D eigenvalue weighted by Crippen LogP contribution is -2.20. The van der Waals surface area contributed by atoms with Crippen LogP contribution in [0, 0.1) is 0 Å². The van der Waals surface area contributed by atoms with Gasteiger partial charge in [0.15, 0.2) is 0 Å². The van der Waals surface area contributed by atoms with Crippen LogP contribution in [0.5, 0.6) is 5.75 Å². The van der Waals surface area contributed by atoms with Gasteiger partial charge in [-0.15, -0.1) is 0 Å². The molecule has 3 nitrogen and oxygen atoms in total. The predicted molar refractivity (Wildman–Crippen MR) is 98.7 cm³/mol. The third-order valence-corrected chi connectivity index (χ3v) is 4.12. The number of hydrogen-bond acceptors (Lipinski definition) is 4. The Morgan fingerprint density at radius 2 is 1.57 bits per heavy atom. The van der Waals surface area contributed by atoms with E-state index in [9.17, 15) is 9.90 Å². The minimum Gasteiger partial charge on any atom is -0.507 e. The van der Waals surface area contributed by atoms with Gasteiger partial charge in [-0.25, -0.2) is 0 Å². The molecule has 0 radical (unpaired) electrons. The number of rotatable bonds is 4. The summed E-state index contributed by atoms with van der Waals surface area (Å²) in [5, 5.41) is 10.7. The highest BCUT2D eigenvalue weighted by atomic mass is 32.1. The van der Waals surface area contributed by atoms with Gasteiger partial charge in [-0.1, -0.05) is 53.7 Å². The first-order valence-electron chi connectivity index (χ1n) is 8.05. The van der Waals surface area contributed by atoms with Crippen molar-refractivity contribution in [2.45, 2.75) is 65.2 Å². The van der Waals surface area contributed by atoms with E-state index in [1.165, 1.54) is 0 Å². The van der Waals surface area contributed by atoms with Crippen LogP contribution in [0.2, 0.25) is 0 Å². The molecule has 0 saturated heterocycles. The van der Waals surface area contributed by atoms with Crippen molar-refractivity contribution in [3.05, 3.63) is 28.8 Å². The second-order valence-electron chi connectivity index (χ2n) is 8.08. The smallest absolute Gasteiger partial charge is 0.313 e. The molecule has 0 aliphatic carbocycles. The van der Waals surface area contributed by atoms with E-state index >= 15 is 0 Å². The standard InChI is InChI=1S/C19H30O3S/c1-12(17(21)22-8-9-23)13-10-14(18(2,3)4)16(20)15(11-13)19(5,6)7/h10-12,20,23H,8-9H2,1-7H3. The predicted octanol–water partition coefficient (Wildman–Crippen LogP) is 4.56. The number of carbonyl (C=O) groups excluding carboxylic acids is 1. The van der Waals surface area contributed by atoms with Gasteiger partial charge in [0.25, 0.3) is 0 Å². The third-order valence-electron chi connectivity index (χ3n) is 3.94. The number of ether oxygens (including phenoxy) is 1. The van der Waals surface area contributed by atoms with Crippen molar-refractivity contribution in [1.29, 1.82) is 0 Å². The fourth-order valence-corrected chi connectivity index (χ4v) is 2.55. The largest absolute Gasteiger partial charge is 0.507 e. The van der Waals surface area contributed by atoms with Gasteiger partial charge in [0, 0.05) is 5.75 Å². The van der Waals surface area contributed by atoms with Gasteiger partial charge in [-0.3, -0.25) is 4.79 Å². The van der Waals surface area contributed by atoms with Crippen LogP contribution < -0.4 is 0 Å². The van der Waals surface area contributed by atoms with Crippen LogP contribution in [-0.4, -0.2) is 23.4 Å². The number of phenols is 1. The van der Waals surface area contributed by atoms with Crippen molar-refractivity contribution in [3.63, 3.8) is 0 Å². The van der Waals surface area contributed by atoms with Crippen molar-refractivity contribution in [2.24, 2.45) is 0 Å². The van der Waals surface area contributed by atoms with Crippen molar-refractivity contribution in [1.82, 2.24) is 0 Å². The fourth-order valence-electron chi connectivity index (χ4n) is 2.46. The second-order valence-corrected chi connectivity index (χ2v) is 8.52. The molecule has 1 aromatic carbocycles. The van der Waals surface area contributed by atoms with Gasteiger partial charge in [-0.2, -0.15) is 12.6 Å². The van der Waals surface area contributed by atoms with Crippen LogP contribution in [0.25, 0.3) is 0 Å². The first-order chi connectivity index (χ1) is 10.4. The molecule has 1 N–H and O–H groups in total. The van der Waals surface area contributed by atoms with E-state index in [1.54, 1.807) is 0 Å². The molecule has 4 heteroatoms. The monoisotopic (exact) mass is 338 g/mol. The van der Waals surface area contributed by atoms with Crippen LogP contribution in [0.3, 0.4) is 0 Å². The van der Waals surface area contributed by atoms with E-state index < -0.39 is 0 Å². The van der Waals surface area contributed by atoms with Crippen molar-refractivity contribution in [3.8, 4) is 5.75 Å². The zero-order valence-electron chi connectivity index (χ0n) is 15.4. The van der Waals surface area contributed by atoms with Crippen LogP contribution in [0.1, 0.15) is 71.1 Å².